The molecule has 0 aromatic heterocycles. The average Bonchev–Trinajstić information content (AvgIpc) is 2.75. The summed E-state index contributed by atoms with van der Waals surface area (Å²) >= 11 is 0. The lowest BCUT2D eigenvalue weighted by atomic mass is 10.1. The minimum Gasteiger partial charge on any atom is -0.733 e. The smallest absolute Gasteiger partial charge is 0.408 e. The Morgan fingerprint density at radius 1 is 1.13 bits per heavy atom. The summed E-state index contributed by atoms with van der Waals surface area (Å²) in [6, 6.07) is 13.8. The van der Waals surface area contributed by atoms with E-state index in [0.29, 0.717) is 12.1 Å². The molecule has 0 heterocycles. The summed E-state index contributed by atoms with van der Waals surface area (Å²) in [7, 11) is 0. The third-order valence-corrected chi connectivity index (χ3v) is 4.12. The van der Waals surface area contributed by atoms with Gasteiger partial charge in [0.25, 0.3) is 0 Å². The van der Waals surface area contributed by atoms with Crippen molar-refractivity contribution in [3.63, 3.8) is 0 Å². The normalized spacial score (nSPS) is 11.2. The highest BCUT2D eigenvalue weighted by molar-refractivity contribution is 5.96. The Bertz CT molecular complexity index is 869. The fourth-order valence-corrected chi connectivity index (χ4v) is 2.58. The van der Waals surface area contributed by atoms with Gasteiger partial charge in [0.05, 0.1) is 5.69 Å². The van der Waals surface area contributed by atoms with E-state index in [1.165, 1.54) is 24.3 Å². The Labute approximate surface area is 179 Å². The SMILES string of the molecule is NC(N)=NCCCC(NC(=O)OCc1ccccc1)C(=O)Nc1ccc(N([O-])O)cc1. The maximum Gasteiger partial charge on any atom is 0.408 e. The molecule has 0 spiro atoms. The number of alkyl carbamates (subject to hydrolysis) is 1. The standard InChI is InChI=1S/C20H25N6O5/c21-19(22)23-12-4-7-17(25-20(28)31-13-14-5-2-1-3-6-14)18(27)24-15-8-10-16(11-9-15)26(29)30/h1-3,5-6,8-11,17,29H,4,7,12-13H2,(H,24,27)(H,25,28)(H4,21,22,23)/q-1. The van der Waals surface area contributed by atoms with Crippen LogP contribution in [0.2, 0.25) is 0 Å². The summed E-state index contributed by atoms with van der Waals surface area (Å²) < 4.78 is 5.18. The van der Waals surface area contributed by atoms with Gasteiger partial charge in [-0.1, -0.05) is 30.3 Å². The number of benzene rings is 2. The average molecular weight is 429 g/mol. The van der Waals surface area contributed by atoms with Crippen molar-refractivity contribution < 1.29 is 19.5 Å². The van der Waals surface area contributed by atoms with Crippen LogP contribution in [0.3, 0.4) is 0 Å². The molecule has 0 aliphatic carbocycles. The first-order valence-corrected chi connectivity index (χ1v) is 9.45. The van der Waals surface area contributed by atoms with E-state index in [-0.39, 0.29) is 36.4 Å². The van der Waals surface area contributed by atoms with E-state index in [2.05, 4.69) is 15.6 Å². The monoisotopic (exact) mass is 429 g/mol. The molecule has 0 aliphatic rings. The van der Waals surface area contributed by atoms with Gasteiger partial charge in [-0.3, -0.25) is 15.0 Å². The van der Waals surface area contributed by atoms with Crippen molar-refractivity contribution in [2.45, 2.75) is 25.5 Å². The van der Waals surface area contributed by atoms with E-state index in [9.17, 15) is 14.8 Å². The number of carbonyl (C=O) groups is 2. The molecular weight excluding hydrogens is 404 g/mol. The van der Waals surface area contributed by atoms with E-state index >= 15 is 0 Å². The molecule has 11 heteroatoms. The number of guanidine groups is 1. The topological polar surface area (TPSA) is 178 Å². The van der Waals surface area contributed by atoms with Gasteiger partial charge in [0.2, 0.25) is 5.91 Å². The van der Waals surface area contributed by atoms with E-state index in [1.807, 2.05) is 30.3 Å². The molecule has 1 atom stereocenters. The van der Waals surface area contributed by atoms with Crippen molar-refractivity contribution in [2.75, 3.05) is 17.1 Å². The molecule has 1 unspecified atom stereocenters. The maximum absolute atomic E-state index is 12.7. The first kappa shape index (κ1) is 23.4. The zero-order chi connectivity index (χ0) is 22.6. The molecule has 2 amide bonds. The van der Waals surface area contributed by atoms with Gasteiger partial charge in [0.15, 0.2) is 5.96 Å². The summed E-state index contributed by atoms with van der Waals surface area (Å²) in [4.78, 5) is 28.7. The number of anilines is 2. The number of hydrogen-bond acceptors (Lipinski definition) is 7. The van der Waals surface area contributed by atoms with Gasteiger partial charge in [-0.15, -0.1) is 0 Å². The molecular formula is C20H25N6O5-. The van der Waals surface area contributed by atoms with Crippen molar-refractivity contribution in [2.24, 2.45) is 16.5 Å². The van der Waals surface area contributed by atoms with Gasteiger partial charge in [0, 0.05) is 12.2 Å². The fourth-order valence-electron chi connectivity index (χ4n) is 2.58. The molecule has 7 N–H and O–H groups in total. The van der Waals surface area contributed by atoms with Crippen molar-refractivity contribution >= 4 is 29.3 Å². The van der Waals surface area contributed by atoms with Crippen LogP contribution in [0.4, 0.5) is 16.2 Å². The van der Waals surface area contributed by atoms with E-state index in [4.69, 9.17) is 21.4 Å². The van der Waals surface area contributed by atoms with Gasteiger partial charge < -0.3 is 37.3 Å². The number of nitrogens with two attached hydrogens (primary N) is 2. The molecule has 0 saturated heterocycles. The number of aliphatic imine (C=N–C) groups is 1. The van der Waals surface area contributed by atoms with Crippen molar-refractivity contribution in [3.05, 3.63) is 65.4 Å². The van der Waals surface area contributed by atoms with Gasteiger partial charge in [0.1, 0.15) is 12.6 Å². The maximum atomic E-state index is 12.7. The summed E-state index contributed by atoms with van der Waals surface area (Å²) in [6.07, 6.45) is -0.0567. The first-order valence-electron chi connectivity index (χ1n) is 9.45. The zero-order valence-electron chi connectivity index (χ0n) is 16.7. The number of nitrogens with one attached hydrogen (secondary N) is 2. The Morgan fingerprint density at radius 3 is 2.42 bits per heavy atom. The third-order valence-electron chi connectivity index (χ3n) is 4.12. The second-order valence-electron chi connectivity index (χ2n) is 6.52. The summed E-state index contributed by atoms with van der Waals surface area (Å²) in [6.45, 7) is 0.348. The second-order valence-corrected chi connectivity index (χ2v) is 6.52. The second kappa shape index (κ2) is 12.0. The number of rotatable bonds is 10. The molecule has 2 aromatic carbocycles. The van der Waals surface area contributed by atoms with Gasteiger partial charge in [-0.05, 0) is 42.7 Å². The highest BCUT2D eigenvalue weighted by atomic mass is 16.8. The number of amides is 2. The fraction of sp³-hybridized carbons (Fsp3) is 0.250. The molecule has 0 radical (unpaired) electrons. The van der Waals surface area contributed by atoms with Crippen LogP contribution in [0.5, 0.6) is 0 Å². The first-order chi connectivity index (χ1) is 14.8. The number of hydrogen-bond donors (Lipinski definition) is 5. The summed E-state index contributed by atoms with van der Waals surface area (Å²) in [5.74, 6) is -0.551. The predicted octanol–water partition coefficient (Wildman–Crippen LogP) is 1.67. The molecule has 0 bridgehead atoms. The van der Waals surface area contributed by atoms with Gasteiger partial charge >= 0.3 is 6.09 Å². The molecule has 31 heavy (non-hydrogen) atoms. The Balaban J connectivity index is 1.97. The minimum absolute atomic E-state index is 0.00870. The van der Waals surface area contributed by atoms with Crippen LogP contribution in [0.25, 0.3) is 0 Å². The number of carbonyl (C=O) groups excluding carboxylic acids is 2. The van der Waals surface area contributed by atoms with Crippen LogP contribution in [0, 0.1) is 5.21 Å². The van der Waals surface area contributed by atoms with Gasteiger partial charge in [-0.2, -0.15) is 0 Å². The highest BCUT2D eigenvalue weighted by Crippen LogP contribution is 2.16. The van der Waals surface area contributed by atoms with Crippen molar-refractivity contribution in [3.8, 4) is 0 Å². The van der Waals surface area contributed by atoms with Crippen LogP contribution in [-0.4, -0.2) is 35.8 Å². The van der Waals surface area contributed by atoms with E-state index in [0.717, 1.165) is 5.56 Å². The lowest BCUT2D eigenvalue weighted by molar-refractivity contribution is -0.118. The predicted molar refractivity (Wildman–Crippen MR) is 116 cm³/mol. The largest absolute Gasteiger partial charge is 0.733 e. The van der Waals surface area contributed by atoms with Crippen LogP contribution in [-0.2, 0) is 16.1 Å². The molecule has 2 rings (SSSR count). The van der Waals surface area contributed by atoms with Gasteiger partial charge in [-0.25, -0.2) is 4.79 Å². The number of ether oxygens (including phenoxy) is 1. The Kier molecular flexibility index (Phi) is 9.08. The molecule has 0 saturated carbocycles. The molecule has 0 aliphatic heterocycles. The third kappa shape index (κ3) is 8.60. The van der Waals surface area contributed by atoms with Crippen LogP contribution < -0.4 is 27.3 Å². The lowest BCUT2D eigenvalue weighted by Gasteiger charge is -2.22. The summed E-state index contributed by atoms with van der Waals surface area (Å²) in [5, 5.41) is 24.6. The minimum atomic E-state index is -0.911. The van der Waals surface area contributed by atoms with Crippen LogP contribution in [0.1, 0.15) is 18.4 Å². The van der Waals surface area contributed by atoms with E-state index in [1.54, 1.807) is 0 Å². The molecule has 166 valence electrons. The molecule has 0 fully saturated rings. The Morgan fingerprint density at radius 2 is 1.81 bits per heavy atom. The van der Waals surface area contributed by atoms with Crippen molar-refractivity contribution in [1.82, 2.24) is 5.32 Å². The van der Waals surface area contributed by atoms with Crippen LogP contribution in [0.15, 0.2) is 59.6 Å². The molecule has 2 aromatic rings. The summed E-state index contributed by atoms with van der Waals surface area (Å²) in [5.41, 5.74) is 11.8. The quantitative estimate of drug-likeness (QED) is 0.164. The van der Waals surface area contributed by atoms with E-state index < -0.39 is 18.0 Å². The number of nitrogens with zero attached hydrogens (tertiary/aromatic N) is 2. The highest BCUT2D eigenvalue weighted by Gasteiger charge is 2.21. The lowest BCUT2D eigenvalue weighted by Crippen LogP contribution is -2.44. The Hall–Kier alpha value is -3.83. The van der Waals surface area contributed by atoms with Crippen molar-refractivity contribution in [1.29, 1.82) is 0 Å². The molecule has 11 nitrogen and oxygen atoms in total. The van der Waals surface area contributed by atoms with Crippen LogP contribution >= 0.6 is 0 Å². The zero-order valence-corrected chi connectivity index (χ0v) is 16.7.